The monoisotopic (exact) mass is 552 g/mol. The number of carbonyl (C=O) groups excluding carboxylic acids is 2. The number of allylic oxidation sites excluding steroid dienone is 2. The third-order valence-electron chi connectivity index (χ3n) is 12.3. The first-order valence-corrected chi connectivity index (χ1v) is 14.9. The SMILES string of the molecule is C/C=C(\C)C(=O)O[C@@H]1C[C@H](OC(C)=O)[C@@]2(C)C3[C@@H](OC[C@@]31C)[C@@H](O)[C@@]1(C)C3=CC[C@@H](c4ccoc4)[C@]3(C)CC[C@@H]12. The third-order valence-corrected chi connectivity index (χ3v) is 12.3. The molecule has 1 N–H and O–H groups in total. The summed E-state index contributed by atoms with van der Waals surface area (Å²) < 4.78 is 24.3. The van der Waals surface area contributed by atoms with Crippen LogP contribution in [0, 0.1) is 33.5 Å². The predicted molar refractivity (Wildman–Crippen MR) is 148 cm³/mol. The largest absolute Gasteiger partial charge is 0.472 e. The molecule has 218 valence electrons. The zero-order valence-corrected chi connectivity index (χ0v) is 24.9. The van der Waals surface area contributed by atoms with Crippen molar-refractivity contribution >= 4 is 11.9 Å². The van der Waals surface area contributed by atoms with Crippen LogP contribution in [0.2, 0.25) is 0 Å². The van der Waals surface area contributed by atoms with E-state index < -0.39 is 40.7 Å². The molecule has 4 aliphatic carbocycles. The molecule has 5 aliphatic rings. The second-order valence-electron chi connectivity index (χ2n) is 14.0. The minimum atomic E-state index is -0.740. The van der Waals surface area contributed by atoms with E-state index in [1.807, 2.05) is 13.2 Å². The molecule has 0 bridgehead atoms. The average Bonchev–Trinajstić information content (AvgIpc) is 3.63. The maximum atomic E-state index is 13.0. The molecule has 0 radical (unpaired) electrons. The van der Waals surface area contributed by atoms with Gasteiger partial charge in [0, 0.05) is 41.1 Å². The van der Waals surface area contributed by atoms with Gasteiger partial charge in [-0.05, 0) is 62.0 Å². The van der Waals surface area contributed by atoms with Gasteiger partial charge in [0.1, 0.15) is 12.2 Å². The minimum Gasteiger partial charge on any atom is -0.472 e. The lowest BCUT2D eigenvalue weighted by molar-refractivity contribution is -0.262. The molecular formula is C33H44O7. The molecule has 1 aromatic rings. The third kappa shape index (κ3) is 3.43. The van der Waals surface area contributed by atoms with Crippen molar-refractivity contribution in [2.24, 2.45) is 33.5 Å². The first-order chi connectivity index (χ1) is 18.8. The van der Waals surface area contributed by atoms with Gasteiger partial charge in [0.05, 0.1) is 31.3 Å². The molecule has 6 rings (SSSR count). The number of carbonyl (C=O) groups is 2. The Bertz CT molecular complexity index is 1260. The summed E-state index contributed by atoms with van der Waals surface area (Å²) in [6.45, 7) is 14.3. The summed E-state index contributed by atoms with van der Waals surface area (Å²) in [6.07, 6.45) is 8.72. The van der Waals surface area contributed by atoms with Gasteiger partial charge in [0.25, 0.3) is 0 Å². The second-order valence-corrected chi connectivity index (χ2v) is 14.0. The van der Waals surface area contributed by atoms with Crippen LogP contribution in [0.4, 0.5) is 0 Å². The molecule has 1 unspecified atom stereocenters. The Morgan fingerprint density at radius 3 is 2.52 bits per heavy atom. The Morgan fingerprint density at radius 1 is 1.12 bits per heavy atom. The lowest BCUT2D eigenvalue weighted by Gasteiger charge is -2.69. The van der Waals surface area contributed by atoms with Crippen molar-refractivity contribution in [2.75, 3.05) is 6.61 Å². The maximum Gasteiger partial charge on any atom is 0.333 e. The maximum absolute atomic E-state index is 13.0. The van der Waals surface area contributed by atoms with Gasteiger partial charge in [-0.15, -0.1) is 0 Å². The molecule has 11 atom stereocenters. The molecule has 1 aromatic heterocycles. The highest BCUT2D eigenvalue weighted by atomic mass is 16.6. The van der Waals surface area contributed by atoms with Gasteiger partial charge in [0.2, 0.25) is 0 Å². The highest BCUT2D eigenvalue weighted by molar-refractivity contribution is 5.87. The highest BCUT2D eigenvalue weighted by Crippen LogP contribution is 2.75. The molecule has 3 saturated carbocycles. The molecule has 7 nitrogen and oxygen atoms in total. The topological polar surface area (TPSA) is 95.2 Å². The van der Waals surface area contributed by atoms with E-state index in [-0.39, 0.29) is 29.2 Å². The molecule has 4 fully saturated rings. The lowest BCUT2D eigenvalue weighted by Crippen LogP contribution is -2.73. The molecule has 0 spiro atoms. The number of aliphatic hydroxyl groups excluding tert-OH is 1. The van der Waals surface area contributed by atoms with Gasteiger partial charge >= 0.3 is 11.9 Å². The van der Waals surface area contributed by atoms with Crippen LogP contribution < -0.4 is 0 Å². The number of fused-ring (bicyclic) bond motifs is 4. The van der Waals surface area contributed by atoms with E-state index in [0.717, 1.165) is 19.3 Å². The summed E-state index contributed by atoms with van der Waals surface area (Å²) in [5.41, 5.74) is 1.36. The van der Waals surface area contributed by atoms with Crippen LogP contribution in [0.1, 0.15) is 85.6 Å². The molecular weight excluding hydrogens is 508 g/mol. The van der Waals surface area contributed by atoms with Crippen molar-refractivity contribution in [3.8, 4) is 0 Å². The highest BCUT2D eigenvalue weighted by Gasteiger charge is 2.77. The summed E-state index contributed by atoms with van der Waals surface area (Å²) in [7, 11) is 0. The number of hydrogen-bond acceptors (Lipinski definition) is 7. The number of rotatable bonds is 4. The number of esters is 2. The van der Waals surface area contributed by atoms with Crippen molar-refractivity contribution in [2.45, 2.75) is 104 Å². The van der Waals surface area contributed by atoms with Gasteiger partial charge in [-0.1, -0.05) is 45.4 Å². The van der Waals surface area contributed by atoms with Crippen LogP contribution in [-0.4, -0.2) is 48.1 Å². The molecule has 1 saturated heterocycles. The van der Waals surface area contributed by atoms with Crippen LogP contribution >= 0.6 is 0 Å². The van der Waals surface area contributed by atoms with E-state index >= 15 is 0 Å². The van der Waals surface area contributed by atoms with Gasteiger partial charge < -0.3 is 23.7 Å². The van der Waals surface area contributed by atoms with Gasteiger partial charge in [-0.3, -0.25) is 4.79 Å². The molecule has 40 heavy (non-hydrogen) atoms. The number of aliphatic hydroxyl groups is 1. The van der Waals surface area contributed by atoms with Crippen LogP contribution in [0.15, 0.2) is 46.3 Å². The Balaban J connectivity index is 1.45. The van der Waals surface area contributed by atoms with Gasteiger partial charge in [-0.25, -0.2) is 4.79 Å². The van der Waals surface area contributed by atoms with Crippen LogP contribution in [-0.2, 0) is 23.8 Å². The standard InChI is InChI=1S/C33H44O7/c1-8-18(2)29(36)40-24-15-25(39-19(3)34)33(7)23-11-13-30(4)21(20-12-14-37-16-20)9-10-22(30)32(23,6)28(35)26-27(33)31(24,5)17-38-26/h8,10,12,14,16,21,23-28,35H,9,11,13,15,17H2,1-7H3/b18-8+/t21-,23-,24+,25-,26+,27?,28+,30-,31+,32-,33-/m0/s1. The predicted octanol–water partition coefficient (Wildman–Crippen LogP) is 5.73. The Morgan fingerprint density at radius 2 is 1.88 bits per heavy atom. The van der Waals surface area contributed by atoms with Crippen molar-refractivity contribution in [3.05, 3.63) is 47.5 Å². The Labute approximate surface area is 237 Å². The van der Waals surface area contributed by atoms with E-state index in [1.165, 1.54) is 18.1 Å². The van der Waals surface area contributed by atoms with Crippen molar-refractivity contribution in [1.29, 1.82) is 0 Å². The van der Waals surface area contributed by atoms with E-state index in [9.17, 15) is 14.7 Å². The van der Waals surface area contributed by atoms with Crippen molar-refractivity contribution < 1.29 is 33.3 Å². The minimum absolute atomic E-state index is 0.0537. The molecule has 1 aliphatic heterocycles. The van der Waals surface area contributed by atoms with Gasteiger partial charge in [0.15, 0.2) is 0 Å². The molecule has 0 amide bonds. The molecule has 7 heteroatoms. The number of furan rings is 1. The van der Waals surface area contributed by atoms with Crippen LogP contribution in [0.5, 0.6) is 0 Å². The summed E-state index contributed by atoms with van der Waals surface area (Å²) >= 11 is 0. The fourth-order valence-corrected chi connectivity index (χ4v) is 10.4. The van der Waals surface area contributed by atoms with E-state index in [2.05, 4.69) is 39.8 Å². The summed E-state index contributed by atoms with van der Waals surface area (Å²) in [6, 6.07) is 2.07. The van der Waals surface area contributed by atoms with Crippen LogP contribution in [0.3, 0.4) is 0 Å². The lowest BCUT2D eigenvalue weighted by atomic mass is 9.36. The van der Waals surface area contributed by atoms with Crippen LogP contribution in [0.25, 0.3) is 0 Å². The second kappa shape index (κ2) is 9.06. The normalized spacial score (nSPS) is 47.5. The molecule has 2 heterocycles. The van der Waals surface area contributed by atoms with E-state index in [1.54, 1.807) is 19.3 Å². The quantitative estimate of drug-likeness (QED) is 0.289. The average molecular weight is 553 g/mol. The first kappa shape index (κ1) is 27.8. The van der Waals surface area contributed by atoms with Gasteiger partial charge in [-0.2, -0.15) is 0 Å². The fraction of sp³-hybridized carbons (Fsp3) is 0.697. The Kier molecular flexibility index (Phi) is 6.29. The zero-order valence-electron chi connectivity index (χ0n) is 24.9. The zero-order chi connectivity index (χ0) is 28.8. The summed E-state index contributed by atoms with van der Waals surface area (Å²) in [5, 5.41) is 12.3. The van der Waals surface area contributed by atoms with E-state index in [0.29, 0.717) is 24.5 Å². The first-order valence-electron chi connectivity index (χ1n) is 14.9. The summed E-state index contributed by atoms with van der Waals surface area (Å²) in [5.74, 6) is -0.503. The molecule has 0 aromatic carbocycles. The smallest absolute Gasteiger partial charge is 0.333 e. The summed E-state index contributed by atoms with van der Waals surface area (Å²) in [4.78, 5) is 25.5. The van der Waals surface area contributed by atoms with Crippen molar-refractivity contribution in [3.63, 3.8) is 0 Å². The number of hydrogen-bond donors (Lipinski definition) is 1. The Hall–Kier alpha value is -2.38. The fourth-order valence-electron chi connectivity index (χ4n) is 10.4. The van der Waals surface area contributed by atoms with Crippen molar-refractivity contribution in [1.82, 2.24) is 0 Å². The van der Waals surface area contributed by atoms with E-state index in [4.69, 9.17) is 18.6 Å². The number of ether oxygens (including phenoxy) is 3.